The third-order valence-corrected chi connectivity index (χ3v) is 7.08. The van der Waals surface area contributed by atoms with Crippen LogP contribution in [0.3, 0.4) is 0 Å². The van der Waals surface area contributed by atoms with E-state index in [0.29, 0.717) is 0 Å². The molecule has 0 spiro atoms. The number of para-hydroxylation sites is 1. The van der Waals surface area contributed by atoms with E-state index in [1.54, 1.807) is 32.0 Å². The van der Waals surface area contributed by atoms with Crippen molar-refractivity contribution in [2.45, 2.75) is 57.0 Å². The zero-order valence-corrected chi connectivity index (χ0v) is 22.0. The van der Waals surface area contributed by atoms with Crippen LogP contribution in [-0.2, 0) is 33.8 Å². The van der Waals surface area contributed by atoms with Crippen LogP contribution < -0.4 is 20.9 Å². The maximum Gasteiger partial charge on any atom is 0.459 e. The fourth-order valence-electron chi connectivity index (χ4n) is 3.75. The molecule has 2 aromatic rings. The molecule has 3 rings (SSSR count). The topological polar surface area (TPSA) is 191 Å². The van der Waals surface area contributed by atoms with Crippen molar-refractivity contribution in [1.29, 1.82) is 5.26 Å². The number of carbonyl (C=O) groups is 1. The lowest BCUT2D eigenvalue weighted by molar-refractivity contribution is -0.149. The number of hydrogen-bond acceptors (Lipinski definition) is 11. The molecule has 1 saturated heterocycles. The lowest BCUT2D eigenvalue weighted by atomic mass is 10.0. The number of nitrogens with one attached hydrogen (secondary N) is 2. The second-order valence-corrected chi connectivity index (χ2v) is 10.3. The number of benzene rings is 1. The van der Waals surface area contributed by atoms with Crippen molar-refractivity contribution >= 4 is 13.7 Å². The number of aromatic amines is 1. The molecule has 0 unspecified atom stereocenters. The molecule has 15 heteroatoms. The van der Waals surface area contributed by atoms with E-state index in [9.17, 15) is 29.3 Å². The number of aliphatic hydroxyl groups excluding tert-OH is 1. The number of hydrogen-bond donors (Lipinski definition) is 3. The first-order valence-corrected chi connectivity index (χ1v) is 13.1. The summed E-state index contributed by atoms with van der Waals surface area (Å²) in [4.78, 5) is 38.3. The molecule has 6 atom stereocenters. The molecule has 0 amide bonds. The second kappa shape index (κ2) is 12.0. The molecular formula is C23H29N4O10P. The number of methoxy groups -OCH3 is 1. The number of aliphatic hydroxyl groups is 1. The van der Waals surface area contributed by atoms with Crippen molar-refractivity contribution in [1.82, 2.24) is 14.6 Å². The minimum atomic E-state index is -4.32. The van der Waals surface area contributed by atoms with Crippen LogP contribution in [0.2, 0.25) is 0 Å². The molecule has 1 aromatic heterocycles. The standard InChI is InChI=1S/C23H29N4O10P/c1-14(2)35-21(30)15(3)26-38(32,37-16-8-6-5-7-9-16)34-12-17-19(29)20(33-4)23(13-24,36-17)27-11-10-18(28)25-22(27)31/h5-11,14-15,17,19-20,29H,12H2,1-4H3,(H,26,32)(H,25,28,31)/t15-,17+,19+,20+,23+,38-/m0/s1. The van der Waals surface area contributed by atoms with Crippen molar-refractivity contribution in [3.05, 3.63) is 63.4 Å². The van der Waals surface area contributed by atoms with Crippen LogP contribution in [0.15, 0.2) is 52.2 Å². The van der Waals surface area contributed by atoms with Crippen LogP contribution in [0.5, 0.6) is 5.75 Å². The summed E-state index contributed by atoms with van der Waals surface area (Å²) < 4.78 is 41.7. The third-order valence-electron chi connectivity index (χ3n) is 5.44. The highest BCUT2D eigenvalue weighted by atomic mass is 31.2. The van der Waals surface area contributed by atoms with Crippen molar-refractivity contribution in [3.63, 3.8) is 0 Å². The first-order valence-electron chi connectivity index (χ1n) is 11.5. The highest BCUT2D eigenvalue weighted by molar-refractivity contribution is 7.52. The minimum Gasteiger partial charge on any atom is -0.462 e. The highest BCUT2D eigenvalue weighted by Crippen LogP contribution is 2.46. The van der Waals surface area contributed by atoms with Gasteiger partial charge in [-0.05, 0) is 32.9 Å². The van der Waals surface area contributed by atoms with E-state index < -0.39 is 67.8 Å². The Hall–Kier alpha value is -3.31. The Kier molecular flexibility index (Phi) is 9.26. The molecule has 0 bridgehead atoms. The van der Waals surface area contributed by atoms with Crippen LogP contribution in [-0.4, -0.2) is 64.8 Å². The predicted octanol–water partition coefficient (Wildman–Crippen LogP) is 0.621. The number of nitrogens with zero attached hydrogens (tertiary/aromatic N) is 2. The third kappa shape index (κ3) is 6.39. The number of nitriles is 1. The Morgan fingerprint density at radius 3 is 2.55 bits per heavy atom. The summed E-state index contributed by atoms with van der Waals surface area (Å²) in [7, 11) is -3.13. The number of aromatic nitrogens is 2. The van der Waals surface area contributed by atoms with E-state index in [2.05, 4.69) is 5.09 Å². The van der Waals surface area contributed by atoms with Gasteiger partial charge in [-0.15, -0.1) is 0 Å². The first kappa shape index (κ1) is 29.2. The normalized spacial score (nSPS) is 25.3. The van der Waals surface area contributed by atoms with Gasteiger partial charge in [-0.2, -0.15) is 10.3 Å². The van der Waals surface area contributed by atoms with Gasteiger partial charge in [0.15, 0.2) is 0 Å². The Morgan fingerprint density at radius 2 is 1.97 bits per heavy atom. The van der Waals surface area contributed by atoms with Gasteiger partial charge in [-0.1, -0.05) is 18.2 Å². The lowest BCUT2D eigenvalue weighted by Gasteiger charge is -2.28. The molecule has 2 heterocycles. The molecule has 0 saturated carbocycles. The van der Waals surface area contributed by atoms with E-state index in [-0.39, 0.29) is 5.75 Å². The fraction of sp³-hybridized carbons (Fsp3) is 0.478. The molecule has 3 N–H and O–H groups in total. The molecule has 1 fully saturated rings. The fourth-order valence-corrected chi connectivity index (χ4v) is 5.25. The van der Waals surface area contributed by atoms with Gasteiger partial charge in [-0.3, -0.25) is 23.7 Å². The Labute approximate surface area is 217 Å². The number of carbonyl (C=O) groups excluding carboxylic acids is 1. The summed E-state index contributed by atoms with van der Waals surface area (Å²) in [6, 6.07) is 9.70. The molecule has 1 aliphatic heterocycles. The number of ether oxygens (including phenoxy) is 3. The molecule has 14 nitrogen and oxygen atoms in total. The van der Waals surface area contributed by atoms with Gasteiger partial charge in [0.05, 0.1) is 12.7 Å². The van der Waals surface area contributed by atoms with Gasteiger partial charge in [-0.25, -0.2) is 9.36 Å². The first-order chi connectivity index (χ1) is 17.9. The Morgan fingerprint density at radius 1 is 1.29 bits per heavy atom. The maximum absolute atomic E-state index is 13.7. The molecule has 38 heavy (non-hydrogen) atoms. The molecule has 0 aliphatic carbocycles. The minimum absolute atomic E-state index is 0.154. The van der Waals surface area contributed by atoms with Crippen molar-refractivity contribution in [3.8, 4) is 11.8 Å². The summed E-state index contributed by atoms with van der Waals surface area (Å²) in [5.74, 6) is -0.556. The summed E-state index contributed by atoms with van der Waals surface area (Å²) >= 11 is 0. The zero-order chi connectivity index (χ0) is 28.1. The number of rotatable bonds is 11. The molecular weight excluding hydrogens is 523 g/mol. The Bertz CT molecular complexity index is 1320. The molecule has 1 aliphatic rings. The number of esters is 1. The summed E-state index contributed by atoms with van der Waals surface area (Å²) in [6.07, 6.45) is -3.71. The van der Waals surface area contributed by atoms with Gasteiger partial charge in [0, 0.05) is 19.4 Å². The maximum atomic E-state index is 13.7. The Balaban J connectivity index is 1.87. The molecule has 206 valence electrons. The monoisotopic (exact) mass is 552 g/mol. The molecule has 0 radical (unpaired) electrons. The van der Waals surface area contributed by atoms with Gasteiger partial charge in [0.2, 0.25) is 0 Å². The quantitative estimate of drug-likeness (QED) is 0.260. The average Bonchev–Trinajstić information content (AvgIpc) is 3.14. The van der Waals surface area contributed by atoms with E-state index in [1.807, 2.05) is 11.1 Å². The summed E-state index contributed by atoms with van der Waals surface area (Å²) in [6.45, 7) is 4.09. The van der Waals surface area contributed by atoms with Gasteiger partial charge >= 0.3 is 19.4 Å². The van der Waals surface area contributed by atoms with Crippen molar-refractivity contribution in [2.75, 3.05) is 13.7 Å². The van der Waals surface area contributed by atoms with Crippen LogP contribution in [0, 0.1) is 11.3 Å². The molecule has 1 aromatic carbocycles. The van der Waals surface area contributed by atoms with Crippen molar-refractivity contribution < 1.29 is 37.7 Å². The zero-order valence-electron chi connectivity index (χ0n) is 21.1. The van der Waals surface area contributed by atoms with Gasteiger partial charge in [0.1, 0.15) is 36.2 Å². The predicted molar refractivity (Wildman–Crippen MR) is 131 cm³/mol. The van der Waals surface area contributed by atoms with Gasteiger partial charge in [0.25, 0.3) is 11.3 Å². The smallest absolute Gasteiger partial charge is 0.459 e. The van der Waals surface area contributed by atoms with Crippen LogP contribution in [0.4, 0.5) is 0 Å². The SMILES string of the molecule is CO[C@@H]1[C@H](O)[C@@H](CO[P@@](=O)(N[C@@H](C)C(=O)OC(C)C)Oc2ccccc2)O[C@@]1(C#N)n1ccc(=O)[nH]c1=O. The van der Waals surface area contributed by atoms with Crippen molar-refractivity contribution in [2.24, 2.45) is 0 Å². The van der Waals surface area contributed by atoms with E-state index in [1.165, 1.54) is 26.2 Å². The van der Waals surface area contributed by atoms with Crippen LogP contribution >= 0.6 is 7.75 Å². The lowest BCUT2D eigenvalue weighted by Crippen LogP contribution is -2.51. The largest absolute Gasteiger partial charge is 0.462 e. The second-order valence-electron chi connectivity index (χ2n) is 8.63. The van der Waals surface area contributed by atoms with Gasteiger partial charge < -0.3 is 23.8 Å². The van der Waals surface area contributed by atoms with Crippen LogP contribution in [0.1, 0.15) is 20.8 Å². The van der Waals surface area contributed by atoms with E-state index >= 15 is 0 Å². The van der Waals surface area contributed by atoms with E-state index in [0.717, 1.165) is 16.8 Å². The summed E-state index contributed by atoms with van der Waals surface area (Å²) in [5, 5.41) is 23.4. The highest BCUT2D eigenvalue weighted by Gasteiger charge is 2.58. The van der Waals surface area contributed by atoms with E-state index in [4.69, 9.17) is 23.3 Å². The number of H-pyrrole nitrogens is 1. The van der Waals surface area contributed by atoms with Crippen LogP contribution in [0.25, 0.3) is 0 Å². The summed E-state index contributed by atoms with van der Waals surface area (Å²) in [5.41, 5.74) is -3.88. The average molecular weight is 552 g/mol.